The van der Waals surface area contributed by atoms with Crippen LogP contribution in [0.5, 0.6) is 0 Å². The number of nitrogens with zero attached hydrogens (tertiary/aromatic N) is 2. The summed E-state index contributed by atoms with van der Waals surface area (Å²) in [5.41, 5.74) is 0.954. The van der Waals surface area contributed by atoms with Gasteiger partial charge in [-0.2, -0.15) is 0 Å². The molecule has 1 aliphatic rings. The molecule has 0 aromatic carbocycles. The Hall–Kier alpha value is -0.900. The van der Waals surface area contributed by atoms with Crippen LogP contribution in [0.4, 0.5) is 5.13 Å². The Morgan fingerprint density at radius 2 is 2.13 bits per heavy atom. The van der Waals surface area contributed by atoms with Crippen LogP contribution in [-0.2, 0) is 6.42 Å². The molecular weight excluding hydrogens is 208 g/mol. The maximum absolute atomic E-state index is 10.8. The van der Waals surface area contributed by atoms with E-state index in [1.807, 2.05) is 6.92 Å². The van der Waals surface area contributed by atoms with E-state index >= 15 is 0 Å². The van der Waals surface area contributed by atoms with Crippen LogP contribution in [0, 0.1) is 0 Å². The van der Waals surface area contributed by atoms with Gasteiger partial charge in [-0.15, -0.1) is 0 Å². The van der Waals surface area contributed by atoms with Crippen LogP contribution in [0.2, 0.25) is 0 Å². The Morgan fingerprint density at radius 3 is 2.67 bits per heavy atom. The number of hydrogen-bond donors (Lipinski definition) is 0. The average Bonchev–Trinajstić information content (AvgIpc) is 2.73. The van der Waals surface area contributed by atoms with Crippen LogP contribution in [0.1, 0.15) is 41.6 Å². The van der Waals surface area contributed by atoms with E-state index in [1.165, 1.54) is 30.6 Å². The molecule has 1 aromatic heterocycles. The molecule has 0 aliphatic carbocycles. The van der Waals surface area contributed by atoms with Crippen molar-refractivity contribution in [2.24, 2.45) is 0 Å². The van der Waals surface area contributed by atoms with E-state index in [2.05, 4.69) is 9.88 Å². The lowest BCUT2D eigenvalue weighted by Crippen LogP contribution is -2.29. The first-order valence-electron chi connectivity index (χ1n) is 5.55. The lowest BCUT2D eigenvalue weighted by molar-refractivity contribution is 0.112. The topological polar surface area (TPSA) is 33.2 Å². The fourth-order valence-electron chi connectivity index (χ4n) is 1.92. The van der Waals surface area contributed by atoms with Crippen LogP contribution >= 0.6 is 11.3 Å². The largest absolute Gasteiger partial charge is 0.348 e. The van der Waals surface area contributed by atoms with Gasteiger partial charge >= 0.3 is 0 Å². The summed E-state index contributed by atoms with van der Waals surface area (Å²) in [6.07, 6.45) is 5.60. The first-order chi connectivity index (χ1) is 7.35. The number of rotatable bonds is 3. The van der Waals surface area contributed by atoms with Crippen LogP contribution < -0.4 is 4.90 Å². The van der Waals surface area contributed by atoms with E-state index in [-0.39, 0.29) is 0 Å². The van der Waals surface area contributed by atoms with Crippen molar-refractivity contribution >= 4 is 22.8 Å². The zero-order valence-corrected chi connectivity index (χ0v) is 9.85. The van der Waals surface area contributed by atoms with E-state index < -0.39 is 0 Å². The third kappa shape index (κ3) is 2.20. The van der Waals surface area contributed by atoms with Gasteiger partial charge in [0.05, 0.1) is 10.6 Å². The summed E-state index contributed by atoms with van der Waals surface area (Å²) < 4.78 is 0. The number of anilines is 1. The predicted molar refractivity (Wildman–Crippen MR) is 62.9 cm³/mol. The van der Waals surface area contributed by atoms with E-state index in [9.17, 15) is 4.79 Å². The van der Waals surface area contributed by atoms with Crippen LogP contribution in [-0.4, -0.2) is 24.4 Å². The maximum Gasteiger partial charge on any atom is 0.186 e. The van der Waals surface area contributed by atoms with Crippen molar-refractivity contribution in [3.8, 4) is 0 Å². The van der Waals surface area contributed by atoms with Gasteiger partial charge in [-0.25, -0.2) is 4.98 Å². The number of hydrogen-bond acceptors (Lipinski definition) is 4. The molecule has 0 unspecified atom stereocenters. The number of aldehydes is 1. The van der Waals surface area contributed by atoms with Crippen molar-refractivity contribution in [1.29, 1.82) is 0 Å². The third-order valence-electron chi connectivity index (χ3n) is 2.78. The van der Waals surface area contributed by atoms with Crippen molar-refractivity contribution in [2.75, 3.05) is 18.0 Å². The number of thiazole rings is 1. The number of aromatic nitrogens is 1. The van der Waals surface area contributed by atoms with Crippen LogP contribution in [0.25, 0.3) is 0 Å². The summed E-state index contributed by atoms with van der Waals surface area (Å²) in [6.45, 7) is 4.23. The second kappa shape index (κ2) is 4.75. The van der Waals surface area contributed by atoms with E-state index in [0.717, 1.165) is 41.5 Å². The van der Waals surface area contributed by atoms with Crippen molar-refractivity contribution in [3.63, 3.8) is 0 Å². The molecule has 0 N–H and O–H groups in total. The summed E-state index contributed by atoms with van der Waals surface area (Å²) in [5, 5.41) is 1.04. The Morgan fingerprint density at radius 1 is 1.40 bits per heavy atom. The van der Waals surface area contributed by atoms with Gasteiger partial charge in [0.25, 0.3) is 0 Å². The average molecular weight is 224 g/mol. The molecule has 4 heteroatoms. The highest BCUT2D eigenvalue weighted by Gasteiger charge is 2.16. The second-order valence-corrected chi connectivity index (χ2v) is 4.84. The van der Waals surface area contributed by atoms with E-state index in [4.69, 9.17) is 0 Å². The highest BCUT2D eigenvalue weighted by Crippen LogP contribution is 2.27. The molecule has 1 aromatic rings. The van der Waals surface area contributed by atoms with E-state index in [0.29, 0.717) is 0 Å². The number of piperidine rings is 1. The summed E-state index contributed by atoms with van der Waals surface area (Å²) in [6, 6.07) is 0. The fourth-order valence-corrected chi connectivity index (χ4v) is 2.94. The maximum atomic E-state index is 10.8. The quantitative estimate of drug-likeness (QED) is 0.740. The molecule has 2 heterocycles. The molecule has 0 atom stereocenters. The molecule has 1 fully saturated rings. The monoisotopic (exact) mass is 224 g/mol. The first-order valence-corrected chi connectivity index (χ1v) is 6.36. The Bertz CT molecular complexity index is 342. The second-order valence-electron chi connectivity index (χ2n) is 3.83. The zero-order chi connectivity index (χ0) is 10.7. The number of carbonyl (C=O) groups excluding carboxylic acids is 1. The SMILES string of the molecule is CCc1nc(N2CCCCC2)sc1C=O. The molecule has 15 heavy (non-hydrogen) atoms. The predicted octanol–water partition coefficient (Wildman–Crippen LogP) is 2.51. The number of aryl methyl sites for hydroxylation is 1. The summed E-state index contributed by atoms with van der Waals surface area (Å²) >= 11 is 1.54. The molecule has 2 rings (SSSR count). The Labute approximate surface area is 94.1 Å². The molecule has 0 radical (unpaired) electrons. The molecule has 0 saturated carbocycles. The van der Waals surface area contributed by atoms with E-state index in [1.54, 1.807) is 0 Å². The summed E-state index contributed by atoms with van der Waals surface area (Å²) in [7, 11) is 0. The van der Waals surface area contributed by atoms with Gasteiger partial charge in [-0.3, -0.25) is 4.79 Å². The lowest BCUT2D eigenvalue weighted by atomic mass is 10.1. The van der Waals surface area contributed by atoms with Gasteiger partial charge in [0.15, 0.2) is 11.4 Å². The standard InChI is InChI=1S/C11H16N2OS/c1-2-9-10(8-14)15-11(12-9)13-6-4-3-5-7-13/h8H,2-7H2,1H3. The minimum Gasteiger partial charge on any atom is -0.348 e. The molecule has 0 bridgehead atoms. The van der Waals surface area contributed by atoms with Crippen molar-refractivity contribution in [2.45, 2.75) is 32.6 Å². The molecular formula is C11H16N2OS. The molecule has 0 spiro atoms. The van der Waals surface area contributed by atoms with Crippen molar-refractivity contribution in [3.05, 3.63) is 10.6 Å². The van der Waals surface area contributed by atoms with Crippen molar-refractivity contribution in [1.82, 2.24) is 4.98 Å². The molecule has 82 valence electrons. The smallest absolute Gasteiger partial charge is 0.186 e. The lowest BCUT2D eigenvalue weighted by Gasteiger charge is -2.25. The highest BCUT2D eigenvalue weighted by molar-refractivity contribution is 7.17. The van der Waals surface area contributed by atoms with Gasteiger partial charge in [0.2, 0.25) is 0 Å². The molecule has 0 amide bonds. The van der Waals surface area contributed by atoms with Crippen LogP contribution in [0.15, 0.2) is 0 Å². The minimum absolute atomic E-state index is 0.804. The molecule has 3 nitrogen and oxygen atoms in total. The van der Waals surface area contributed by atoms with Gasteiger partial charge in [-0.1, -0.05) is 18.3 Å². The normalized spacial score (nSPS) is 16.7. The van der Waals surface area contributed by atoms with Gasteiger partial charge in [0, 0.05) is 13.1 Å². The highest BCUT2D eigenvalue weighted by atomic mass is 32.1. The minimum atomic E-state index is 0.804. The van der Waals surface area contributed by atoms with Crippen LogP contribution in [0.3, 0.4) is 0 Å². The zero-order valence-electron chi connectivity index (χ0n) is 9.03. The summed E-state index contributed by atoms with van der Waals surface area (Å²) in [4.78, 5) is 18.5. The van der Waals surface area contributed by atoms with Gasteiger partial charge < -0.3 is 4.90 Å². The Balaban J connectivity index is 2.19. The molecule has 1 saturated heterocycles. The fraction of sp³-hybridized carbons (Fsp3) is 0.636. The number of carbonyl (C=O) groups is 1. The van der Waals surface area contributed by atoms with Gasteiger partial charge in [0.1, 0.15) is 0 Å². The first kappa shape index (κ1) is 10.6. The molecule has 1 aliphatic heterocycles. The van der Waals surface area contributed by atoms with Crippen molar-refractivity contribution < 1.29 is 4.79 Å². The third-order valence-corrected chi connectivity index (χ3v) is 3.87. The summed E-state index contributed by atoms with van der Waals surface area (Å²) in [5.74, 6) is 0. The Kier molecular flexibility index (Phi) is 3.36. The van der Waals surface area contributed by atoms with Gasteiger partial charge in [-0.05, 0) is 25.7 Å².